The summed E-state index contributed by atoms with van der Waals surface area (Å²) in [7, 11) is 0. The second kappa shape index (κ2) is 9.83. The highest BCUT2D eigenvalue weighted by Crippen LogP contribution is 2.25. The van der Waals surface area contributed by atoms with E-state index in [4.69, 9.17) is 9.47 Å². The van der Waals surface area contributed by atoms with Crippen molar-refractivity contribution in [3.63, 3.8) is 0 Å². The van der Waals surface area contributed by atoms with Crippen LogP contribution in [0.2, 0.25) is 0 Å². The van der Waals surface area contributed by atoms with Gasteiger partial charge in [0.25, 0.3) is 5.56 Å². The zero-order chi connectivity index (χ0) is 22.3. The molecule has 1 N–H and O–H groups in total. The monoisotopic (exact) mass is 428 g/mol. The molecule has 1 aromatic heterocycles. The molecule has 0 aliphatic carbocycles. The number of nitrogens with zero attached hydrogens (tertiary/aromatic N) is 1. The molecule has 32 heavy (non-hydrogen) atoms. The van der Waals surface area contributed by atoms with Crippen LogP contribution in [-0.2, 0) is 19.8 Å². The van der Waals surface area contributed by atoms with Crippen molar-refractivity contribution in [1.82, 2.24) is 9.55 Å². The molecule has 4 rings (SSSR count). The molecule has 0 radical (unpaired) electrons. The number of benzene rings is 3. The zero-order valence-corrected chi connectivity index (χ0v) is 17.8. The van der Waals surface area contributed by atoms with Crippen molar-refractivity contribution in [3.05, 3.63) is 128 Å². The Morgan fingerprint density at radius 2 is 1.28 bits per heavy atom. The highest BCUT2D eigenvalue weighted by molar-refractivity contribution is 5.39. The lowest BCUT2D eigenvalue weighted by Gasteiger charge is -2.14. The topological polar surface area (TPSA) is 73.3 Å². The molecule has 0 amide bonds. The van der Waals surface area contributed by atoms with Gasteiger partial charge in [0.2, 0.25) is 0 Å². The van der Waals surface area contributed by atoms with Crippen LogP contribution in [0.1, 0.15) is 22.3 Å². The Bertz CT molecular complexity index is 1230. The summed E-state index contributed by atoms with van der Waals surface area (Å²) in [6.45, 7) is 2.78. The van der Waals surface area contributed by atoms with E-state index in [1.807, 2.05) is 78.9 Å². The number of hydrogen-bond donors (Lipinski definition) is 1. The minimum atomic E-state index is -0.456. The van der Waals surface area contributed by atoms with E-state index in [2.05, 4.69) is 4.98 Å². The molecular formula is C26H24N2O4. The van der Waals surface area contributed by atoms with E-state index < -0.39 is 5.69 Å². The summed E-state index contributed by atoms with van der Waals surface area (Å²) < 4.78 is 13.5. The van der Waals surface area contributed by atoms with E-state index in [9.17, 15) is 9.59 Å². The first-order chi connectivity index (χ1) is 15.6. The Morgan fingerprint density at radius 1 is 0.750 bits per heavy atom. The first kappa shape index (κ1) is 21.2. The van der Waals surface area contributed by atoms with E-state index in [1.54, 1.807) is 13.1 Å². The first-order valence-corrected chi connectivity index (χ1v) is 10.3. The van der Waals surface area contributed by atoms with Crippen molar-refractivity contribution in [1.29, 1.82) is 0 Å². The molecule has 6 nitrogen and oxygen atoms in total. The van der Waals surface area contributed by atoms with E-state index >= 15 is 0 Å². The largest absolute Gasteiger partial charge is 0.489 e. The number of aryl methyl sites for hydroxylation is 1. The number of aromatic amines is 1. The van der Waals surface area contributed by atoms with Crippen molar-refractivity contribution in [2.45, 2.75) is 26.7 Å². The van der Waals surface area contributed by atoms with Crippen LogP contribution in [-0.4, -0.2) is 9.55 Å². The molecule has 0 aliphatic rings. The lowest BCUT2D eigenvalue weighted by atomic mass is 10.2. The van der Waals surface area contributed by atoms with Crippen LogP contribution in [0.5, 0.6) is 11.5 Å². The standard InChI is InChI=1S/C26H24N2O4/c1-19-15-28(26(30)27-25(19)29)16-22-12-23(31-17-20-8-4-2-5-9-20)14-24(13-22)32-18-21-10-6-3-7-11-21/h2-15H,16-18H2,1H3,(H,27,29,30). The summed E-state index contributed by atoms with van der Waals surface area (Å²) in [5.41, 5.74) is 2.57. The van der Waals surface area contributed by atoms with Gasteiger partial charge >= 0.3 is 5.69 Å². The SMILES string of the molecule is Cc1cn(Cc2cc(OCc3ccccc3)cc(OCc3ccccc3)c2)c(=O)[nH]c1=O. The number of aromatic nitrogens is 2. The van der Waals surface area contributed by atoms with Gasteiger partial charge in [-0.3, -0.25) is 14.3 Å². The molecule has 0 unspecified atom stereocenters. The maximum atomic E-state index is 12.2. The second-order valence-electron chi connectivity index (χ2n) is 7.56. The van der Waals surface area contributed by atoms with Crippen LogP contribution in [0, 0.1) is 6.92 Å². The molecule has 0 spiro atoms. The lowest BCUT2D eigenvalue weighted by molar-refractivity contribution is 0.289. The van der Waals surface area contributed by atoms with Gasteiger partial charge in [-0.15, -0.1) is 0 Å². The van der Waals surface area contributed by atoms with Gasteiger partial charge in [0.1, 0.15) is 24.7 Å². The Hall–Kier alpha value is -4.06. The number of rotatable bonds is 8. The maximum absolute atomic E-state index is 12.2. The minimum absolute atomic E-state index is 0.278. The van der Waals surface area contributed by atoms with E-state index in [0.29, 0.717) is 30.3 Å². The predicted octanol–water partition coefficient (Wildman–Crippen LogP) is 4.05. The number of hydrogen-bond acceptors (Lipinski definition) is 4. The van der Waals surface area contributed by atoms with Crippen LogP contribution in [0.25, 0.3) is 0 Å². The van der Waals surface area contributed by atoms with Crippen LogP contribution in [0.15, 0.2) is 94.6 Å². The van der Waals surface area contributed by atoms with Gasteiger partial charge in [-0.1, -0.05) is 60.7 Å². The minimum Gasteiger partial charge on any atom is -0.489 e. The van der Waals surface area contributed by atoms with Gasteiger partial charge in [0.05, 0.1) is 6.54 Å². The molecule has 0 aliphatic heterocycles. The predicted molar refractivity (Wildman–Crippen MR) is 123 cm³/mol. The van der Waals surface area contributed by atoms with Gasteiger partial charge in [-0.05, 0) is 35.7 Å². The van der Waals surface area contributed by atoms with E-state index in [-0.39, 0.29) is 12.1 Å². The molecule has 162 valence electrons. The molecular weight excluding hydrogens is 404 g/mol. The summed E-state index contributed by atoms with van der Waals surface area (Å²) in [5, 5.41) is 0. The average molecular weight is 428 g/mol. The summed E-state index contributed by atoms with van der Waals surface area (Å²) in [6.07, 6.45) is 1.56. The van der Waals surface area contributed by atoms with Gasteiger partial charge in [0.15, 0.2) is 0 Å². The normalized spacial score (nSPS) is 10.7. The Labute approximate surface area is 185 Å². The van der Waals surface area contributed by atoms with Crippen molar-refractivity contribution >= 4 is 0 Å². The van der Waals surface area contributed by atoms with Crippen molar-refractivity contribution in [2.75, 3.05) is 0 Å². The molecule has 4 aromatic rings. The van der Waals surface area contributed by atoms with E-state index in [1.165, 1.54) is 4.57 Å². The molecule has 0 atom stereocenters. The van der Waals surface area contributed by atoms with Crippen molar-refractivity contribution in [3.8, 4) is 11.5 Å². The summed E-state index contributed by atoms with van der Waals surface area (Å²) in [6, 6.07) is 25.4. The Kier molecular flexibility index (Phi) is 6.51. The number of H-pyrrole nitrogens is 1. The zero-order valence-electron chi connectivity index (χ0n) is 17.8. The Balaban J connectivity index is 1.59. The highest BCUT2D eigenvalue weighted by Gasteiger charge is 2.08. The second-order valence-corrected chi connectivity index (χ2v) is 7.56. The Morgan fingerprint density at radius 3 is 1.81 bits per heavy atom. The fourth-order valence-corrected chi connectivity index (χ4v) is 3.30. The summed E-state index contributed by atoms with van der Waals surface area (Å²) >= 11 is 0. The van der Waals surface area contributed by atoms with Crippen molar-refractivity contribution in [2.24, 2.45) is 0 Å². The third kappa shape index (κ3) is 5.55. The summed E-state index contributed by atoms with van der Waals surface area (Å²) in [5.74, 6) is 1.28. The van der Waals surface area contributed by atoms with Gasteiger partial charge in [0, 0.05) is 17.8 Å². The van der Waals surface area contributed by atoms with Gasteiger partial charge in [-0.2, -0.15) is 0 Å². The highest BCUT2D eigenvalue weighted by atomic mass is 16.5. The molecule has 0 bridgehead atoms. The summed E-state index contributed by atoms with van der Waals surface area (Å²) in [4.78, 5) is 26.3. The van der Waals surface area contributed by atoms with E-state index in [0.717, 1.165) is 16.7 Å². The molecule has 6 heteroatoms. The van der Waals surface area contributed by atoms with Gasteiger partial charge in [-0.25, -0.2) is 4.79 Å². The molecule has 3 aromatic carbocycles. The van der Waals surface area contributed by atoms with Crippen LogP contribution >= 0.6 is 0 Å². The molecule has 0 saturated heterocycles. The maximum Gasteiger partial charge on any atom is 0.328 e. The van der Waals surface area contributed by atoms with Crippen LogP contribution in [0.4, 0.5) is 0 Å². The smallest absolute Gasteiger partial charge is 0.328 e. The third-order valence-electron chi connectivity index (χ3n) is 4.98. The molecule has 1 heterocycles. The fraction of sp³-hybridized carbons (Fsp3) is 0.154. The quantitative estimate of drug-likeness (QED) is 0.460. The first-order valence-electron chi connectivity index (χ1n) is 10.3. The molecule has 0 saturated carbocycles. The third-order valence-corrected chi connectivity index (χ3v) is 4.98. The van der Waals surface area contributed by atoms with Crippen LogP contribution in [0.3, 0.4) is 0 Å². The van der Waals surface area contributed by atoms with Crippen LogP contribution < -0.4 is 20.7 Å². The fourth-order valence-electron chi connectivity index (χ4n) is 3.30. The molecule has 0 fully saturated rings. The average Bonchev–Trinajstić information content (AvgIpc) is 2.81. The lowest BCUT2D eigenvalue weighted by Crippen LogP contribution is -2.31. The van der Waals surface area contributed by atoms with Gasteiger partial charge < -0.3 is 9.47 Å². The number of nitrogens with one attached hydrogen (secondary N) is 1. The number of ether oxygens (including phenoxy) is 2. The van der Waals surface area contributed by atoms with Crippen molar-refractivity contribution < 1.29 is 9.47 Å².